The van der Waals surface area contributed by atoms with Crippen LogP contribution >= 0.6 is 23.2 Å². The average molecular weight is 1020 g/mol. The normalized spacial score (nSPS) is 16.2. The zero-order valence-electron chi connectivity index (χ0n) is 40.6. The number of fused-ring (bicyclic) bond motifs is 4. The summed E-state index contributed by atoms with van der Waals surface area (Å²) in [7, 11) is 0. The Bertz CT molecular complexity index is 2500. The smallest absolute Gasteiger partial charge is 0.225 e. The molecule has 380 valence electrons. The Morgan fingerprint density at radius 3 is 0.931 bits per heavy atom. The molecule has 0 spiro atoms. The van der Waals surface area contributed by atoms with Crippen molar-refractivity contribution in [2.24, 2.45) is 0 Å². The zero-order chi connectivity index (χ0) is 51.0. The van der Waals surface area contributed by atoms with Gasteiger partial charge in [0, 0.05) is 118 Å². The van der Waals surface area contributed by atoms with Gasteiger partial charge >= 0.3 is 0 Å². The number of likely N-dealkylation sites (tertiary alicyclic amines) is 2. The van der Waals surface area contributed by atoms with E-state index >= 15 is 0 Å². The number of halogens is 2. The van der Waals surface area contributed by atoms with Gasteiger partial charge in [-0.3, -0.25) is 38.4 Å². The van der Waals surface area contributed by atoms with Gasteiger partial charge in [0.25, 0.3) is 0 Å². The highest BCUT2D eigenvalue weighted by atomic mass is 35.5. The molecule has 4 aromatic carbocycles. The minimum Gasteiger partial charge on any atom is -0.326 e. The summed E-state index contributed by atoms with van der Waals surface area (Å²) >= 11 is 11.1. The summed E-state index contributed by atoms with van der Waals surface area (Å²) < 4.78 is 0. The molecule has 5 N–H and O–H groups in total. The number of benzene rings is 4. The summed E-state index contributed by atoms with van der Waals surface area (Å²) in [5.41, 5.74) is 3.94. The van der Waals surface area contributed by atoms with Gasteiger partial charge in [0.05, 0.1) is 0 Å². The molecule has 0 bridgehead atoms. The number of alkyl halides is 2. The van der Waals surface area contributed by atoms with Crippen molar-refractivity contribution < 1.29 is 38.4 Å². The number of carbonyl (C=O) groups excluding carboxylic acids is 8. The van der Waals surface area contributed by atoms with Crippen LogP contribution in [0.15, 0.2) is 72.8 Å². The number of ketones is 4. The third kappa shape index (κ3) is 14.5. The van der Waals surface area contributed by atoms with Crippen LogP contribution in [0.2, 0.25) is 0 Å². The first-order valence-electron chi connectivity index (χ1n) is 25.1. The largest absolute Gasteiger partial charge is 0.326 e. The van der Waals surface area contributed by atoms with E-state index in [9.17, 15) is 38.4 Å². The van der Waals surface area contributed by atoms with Crippen molar-refractivity contribution in [1.29, 1.82) is 0 Å². The van der Waals surface area contributed by atoms with Gasteiger partial charge in [-0.1, -0.05) is 19.3 Å². The van der Waals surface area contributed by atoms with Crippen LogP contribution in [0.5, 0.6) is 0 Å². The Hall–Kier alpha value is -6.10. The molecule has 5 aliphatic rings. The summed E-state index contributed by atoms with van der Waals surface area (Å²) in [4.78, 5) is 105. The van der Waals surface area contributed by atoms with E-state index < -0.39 is 0 Å². The van der Waals surface area contributed by atoms with Crippen molar-refractivity contribution in [3.63, 3.8) is 0 Å². The fraction of sp³-hybridized carbons (Fsp3) is 0.418. The van der Waals surface area contributed by atoms with Crippen LogP contribution in [-0.4, -0.2) is 121 Å². The molecule has 0 atom stereocenters. The minimum absolute atomic E-state index is 0.111. The van der Waals surface area contributed by atoms with Crippen molar-refractivity contribution in [2.75, 3.05) is 85.4 Å². The Morgan fingerprint density at radius 2 is 0.667 bits per heavy atom. The molecule has 3 heterocycles. The summed E-state index contributed by atoms with van der Waals surface area (Å²) in [5.74, 6) is -1.60. The fourth-order valence-corrected chi connectivity index (χ4v) is 9.71. The highest BCUT2D eigenvalue weighted by Gasteiger charge is 2.32. The van der Waals surface area contributed by atoms with Gasteiger partial charge in [0.1, 0.15) is 0 Å². The van der Waals surface area contributed by atoms with E-state index in [-0.39, 0.29) is 105 Å². The van der Waals surface area contributed by atoms with Crippen molar-refractivity contribution in [3.05, 3.63) is 117 Å². The molecule has 15 nitrogen and oxygen atoms in total. The van der Waals surface area contributed by atoms with E-state index in [0.717, 1.165) is 26.2 Å². The first-order valence-corrected chi connectivity index (χ1v) is 26.2. The molecule has 0 saturated carbocycles. The maximum atomic E-state index is 13.4. The second-order valence-electron chi connectivity index (χ2n) is 18.5. The number of hydrogen-bond donors (Lipinski definition) is 5. The van der Waals surface area contributed by atoms with Crippen LogP contribution in [0.4, 0.5) is 22.7 Å². The van der Waals surface area contributed by atoms with Gasteiger partial charge in [0.2, 0.25) is 23.6 Å². The second kappa shape index (κ2) is 26.6. The van der Waals surface area contributed by atoms with E-state index in [1.165, 1.54) is 95.1 Å². The van der Waals surface area contributed by atoms with Crippen molar-refractivity contribution in [1.82, 2.24) is 15.1 Å². The number of rotatable bonds is 14. The van der Waals surface area contributed by atoms with E-state index in [1.54, 1.807) is 48.5 Å². The lowest BCUT2D eigenvalue weighted by molar-refractivity contribution is -0.117. The lowest BCUT2D eigenvalue weighted by Crippen LogP contribution is -2.32. The molecule has 3 aliphatic heterocycles. The van der Waals surface area contributed by atoms with Crippen LogP contribution in [0.3, 0.4) is 0 Å². The van der Waals surface area contributed by atoms with E-state index in [2.05, 4.69) is 36.4 Å². The molecule has 4 amide bonds. The summed E-state index contributed by atoms with van der Waals surface area (Å²) in [6.07, 6.45) is 12.5. The first kappa shape index (κ1) is 53.7. The van der Waals surface area contributed by atoms with Gasteiger partial charge < -0.3 is 36.4 Å². The van der Waals surface area contributed by atoms with E-state index in [0.29, 0.717) is 59.8 Å². The molecule has 9 rings (SSSR count). The first-order chi connectivity index (χ1) is 34.9. The Labute approximate surface area is 430 Å². The predicted molar refractivity (Wildman–Crippen MR) is 281 cm³/mol. The quantitative estimate of drug-likeness (QED) is 0.0656. The maximum Gasteiger partial charge on any atom is 0.225 e. The van der Waals surface area contributed by atoms with Crippen LogP contribution < -0.4 is 26.6 Å². The highest BCUT2D eigenvalue weighted by molar-refractivity contribution is 6.30. The van der Waals surface area contributed by atoms with Crippen LogP contribution in [0.1, 0.15) is 147 Å². The Kier molecular flexibility index (Phi) is 19.8. The molecule has 2 aliphatic carbocycles. The minimum atomic E-state index is -0.355. The maximum absolute atomic E-state index is 13.4. The van der Waals surface area contributed by atoms with Crippen LogP contribution in [0.25, 0.3) is 0 Å². The number of amides is 4. The lowest BCUT2D eigenvalue weighted by atomic mass is 9.83. The Morgan fingerprint density at radius 1 is 0.389 bits per heavy atom. The molecule has 3 fully saturated rings. The molecule has 17 heteroatoms. The topological polar surface area (TPSA) is 203 Å². The fourth-order valence-electron chi connectivity index (χ4n) is 9.36. The SMILES string of the molecule is C1CCNCC1.O=C(CCCl)Nc1ccc2c(c1)C(=O)c1cc(NC(=O)CCCl)ccc1C2=O.O=C(CCN1CCCCC1)Nc1ccc2c(c1)C(=O)c1cc(NC(=O)CCN3CCCCC3)ccc1C2=O. The van der Waals surface area contributed by atoms with Gasteiger partial charge in [-0.2, -0.15) is 0 Å². The number of piperidine rings is 3. The van der Waals surface area contributed by atoms with Gasteiger partial charge in [0.15, 0.2) is 23.1 Å². The monoisotopic (exact) mass is 1020 g/mol. The van der Waals surface area contributed by atoms with E-state index in [1.807, 2.05) is 0 Å². The molecule has 3 saturated heterocycles. The van der Waals surface area contributed by atoms with Gasteiger partial charge in [-0.05, 0) is 151 Å². The molecule has 72 heavy (non-hydrogen) atoms. The lowest BCUT2D eigenvalue weighted by Gasteiger charge is -2.26. The van der Waals surface area contributed by atoms with Crippen LogP contribution in [0, 0.1) is 0 Å². The predicted octanol–water partition coefficient (Wildman–Crippen LogP) is 8.45. The van der Waals surface area contributed by atoms with Crippen molar-refractivity contribution >= 4 is 92.7 Å². The number of hydrogen-bond acceptors (Lipinski definition) is 11. The highest BCUT2D eigenvalue weighted by Crippen LogP contribution is 2.33. The molecular weight excluding hydrogens is 958 g/mol. The number of nitrogens with one attached hydrogen (secondary N) is 5. The molecule has 0 radical (unpaired) electrons. The van der Waals surface area contributed by atoms with E-state index in [4.69, 9.17) is 23.2 Å². The van der Waals surface area contributed by atoms with Crippen molar-refractivity contribution in [2.45, 2.75) is 83.5 Å². The zero-order valence-corrected chi connectivity index (χ0v) is 42.1. The second-order valence-corrected chi connectivity index (χ2v) is 19.3. The van der Waals surface area contributed by atoms with Gasteiger partial charge in [-0.25, -0.2) is 0 Å². The average Bonchev–Trinajstić information content (AvgIpc) is 3.40. The summed E-state index contributed by atoms with van der Waals surface area (Å²) in [5, 5.41) is 14.3. The van der Waals surface area contributed by atoms with Crippen molar-refractivity contribution in [3.8, 4) is 0 Å². The standard InChI is InChI=1S/C30H36N4O4.C20H16Cl2N2O4.C5H11N/c35-27(11-17-33-13-3-1-4-14-33)31-21-7-9-23-25(19-21)30(38)26-20-22(8-10-24(26)29(23)37)32-28(36)12-18-34-15-5-2-6-16-34;21-7-5-17(25)23-11-1-3-13-15(9-11)20(28)16-10-12(24-18(26)6-8-22)2-4-14(16)19(13)27;1-2-4-6-5-3-1/h7-10,19-20H,1-6,11-18H2,(H,31,35)(H,32,36);1-4,9-10H,5-8H2,(H,23,25)(H,24,26);6H,1-5H2. The summed E-state index contributed by atoms with van der Waals surface area (Å²) in [6, 6.07) is 18.9. The summed E-state index contributed by atoms with van der Waals surface area (Å²) in [6.45, 7) is 8.06. The van der Waals surface area contributed by atoms with Gasteiger partial charge in [-0.15, -0.1) is 23.2 Å². The third-order valence-electron chi connectivity index (χ3n) is 13.2. The molecule has 0 aromatic heterocycles. The molecule has 0 unspecified atom stereocenters. The third-order valence-corrected chi connectivity index (χ3v) is 13.6. The number of nitrogens with zero attached hydrogens (tertiary/aromatic N) is 2. The molecular formula is C55H63Cl2N7O8. The number of anilines is 4. The number of carbonyl (C=O) groups is 8. The van der Waals surface area contributed by atoms with Crippen LogP contribution in [-0.2, 0) is 19.2 Å². The molecule has 4 aromatic rings. The Balaban J connectivity index is 0.000000196.